The van der Waals surface area contributed by atoms with Crippen molar-refractivity contribution in [3.05, 3.63) is 54.6 Å². The summed E-state index contributed by atoms with van der Waals surface area (Å²) < 4.78 is 6.58. The van der Waals surface area contributed by atoms with Crippen molar-refractivity contribution in [1.29, 1.82) is 0 Å². The van der Waals surface area contributed by atoms with Gasteiger partial charge in [-0.1, -0.05) is 42.1 Å². The van der Waals surface area contributed by atoms with Gasteiger partial charge in [0, 0.05) is 5.69 Å². The largest absolute Gasteiger partial charge is 0.496 e. The number of imide groups is 1. The SMILES string of the molecule is COc1ccccc1-c1nnc(SCC(=O)NC(=O)Nc2ccccc2)n1N. The van der Waals surface area contributed by atoms with E-state index in [1.807, 2.05) is 18.2 Å². The molecular weight excluding hydrogens is 380 g/mol. The number of benzene rings is 2. The van der Waals surface area contributed by atoms with E-state index in [2.05, 4.69) is 20.8 Å². The lowest BCUT2D eigenvalue weighted by Crippen LogP contribution is -2.35. The van der Waals surface area contributed by atoms with Crippen LogP contribution in [0.25, 0.3) is 11.4 Å². The molecule has 0 unspecified atom stereocenters. The van der Waals surface area contributed by atoms with Crippen molar-refractivity contribution in [2.45, 2.75) is 5.16 Å². The Balaban J connectivity index is 1.58. The van der Waals surface area contributed by atoms with Crippen molar-refractivity contribution in [2.75, 3.05) is 24.0 Å². The van der Waals surface area contributed by atoms with Gasteiger partial charge < -0.3 is 15.9 Å². The quantitative estimate of drug-likeness (QED) is 0.429. The summed E-state index contributed by atoms with van der Waals surface area (Å²) in [5, 5.41) is 13.2. The number of thioether (sulfide) groups is 1. The molecule has 0 spiro atoms. The molecule has 10 heteroatoms. The number of carbonyl (C=O) groups excluding carboxylic acids is 2. The molecule has 0 radical (unpaired) electrons. The maximum atomic E-state index is 12.0. The summed E-state index contributed by atoms with van der Waals surface area (Å²) in [4.78, 5) is 23.8. The van der Waals surface area contributed by atoms with Gasteiger partial charge in [-0.25, -0.2) is 9.47 Å². The van der Waals surface area contributed by atoms with Crippen LogP contribution in [-0.2, 0) is 4.79 Å². The van der Waals surface area contributed by atoms with Crippen LogP contribution in [0.2, 0.25) is 0 Å². The number of aromatic nitrogens is 3. The van der Waals surface area contributed by atoms with Crippen LogP contribution in [0.15, 0.2) is 59.8 Å². The fraction of sp³-hybridized carbons (Fsp3) is 0.111. The lowest BCUT2D eigenvalue weighted by atomic mass is 10.2. The van der Waals surface area contributed by atoms with E-state index in [1.165, 1.54) is 4.68 Å². The monoisotopic (exact) mass is 398 g/mol. The molecule has 4 N–H and O–H groups in total. The van der Waals surface area contributed by atoms with Crippen molar-refractivity contribution < 1.29 is 14.3 Å². The minimum atomic E-state index is -0.610. The Kier molecular flexibility index (Phi) is 6.12. The highest BCUT2D eigenvalue weighted by molar-refractivity contribution is 7.99. The number of nitrogens with two attached hydrogens (primary N) is 1. The highest BCUT2D eigenvalue weighted by Crippen LogP contribution is 2.29. The first-order valence-electron chi connectivity index (χ1n) is 8.21. The Labute approximate surface area is 165 Å². The molecule has 0 fully saturated rings. The molecule has 1 heterocycles. The molecule has 9 nitrogen and oxygen atoms in total. The van der Waals surface area contributed by atoms with E-state index in [4.69, 9.17) is 10.6 Å². The molecule has 0 aliphatic carbocycles. The normalized spacial score (nSPS) is 10.3. The minimum absolute atomic E-state index is 0.0521. The topological polar surface area (TPSA) is 124 Å². The molecular formula is C18H18N6O3S. The summed E-state index contributed by atoms with van der Waals surface area (Å²) in [5.41, 5.74) is 1.27. The van der Waals surface area contributed by atoms with Gasteiger partial charge in [0.05, 0.1) is 18.4 Å². The van der Waals surface area contributed by atoms with Crippen LogP contribution in [0, 0.1) is 0 Å². The minimum Gasteiger partial charge on any atom is -0.496 e. The summed E-state index contributed by atoms with van der Waals surface area (Å²) >= 11 is 1.06. The lowest BCUT2D eigenvalue weighted by molar-refractivity contribution is -0.117. The third-order valence-electron chi connectivity index (χ3n) is 3.63. The summed E-state index contributed by atoms with van der Waals surface area (Å²) in [5.74, 6) is 6.52. The van der Waals surface area contributed by atoms with Gasteiger partial charge in [0.1, 0.15) is 5.75 Å². The third-order valence-corrected chi connectivity index (χ3v) is 4.57. The Morgan fingerprint density at radius 1 is 1.11 bits per heavy atom. The second kappa shape index (κ2) is 8.91. The number of carbonyl (C=O) groups is 2. The zero-order chi connectivity index (χ0) is 19.9. The van der Waals surface area contributed by atoms with Gasteiger partial charge in [-0.2, -0.15) is 0 Å². The molecule has 0 aliphatic rings. The predicted molar refractivity (Wildman–Crippen MR) is 106 cm³/mol. The van der Waals surface area contributed by atoms with Crippen LogP contribution < -0.4 is 21.2 Å². The van der Waals surface area contributed by atoms with Gasteiger partial charge in [0.2, 0.25) is 11.1 Å². The molecule has 144 valence electrons. The number of methoxy groups -OCH3 is 1. The van der Waals surface area contributed by atoms with E-state index in [1.54, 1.807) is 43.5 Å². The summed E-state index contributed by atoms with van der Waals surface area (Å²) in [6, 6.07) is 15.5. The number of nitrogens with one attached hydrogen (secondary N) is 2. The molecule has 0 aliphatic heterocycles. The first-order chi connectivity index (χ1) is 13.6. The predicted octanol–water partition coefficient (Wildman–Crippen LogP) is 2.11. The van der Waals surface area contributed by atoms with Crippen molar-refractivity contribution in [1.82, 2.24) is 20.2 Å². The Bertz CT molecular complexity index is 976. The summed E-state index contributed by atoms with van der Waals surface area (Å²) in [6.45, 7) is 0. The number of nitrogen functional groups attached to an aromatic ring is 1. The van der Waals surface area contributed by atoms with E-state index in [-0.39, 0.29) is 5.75 Å². The molecule has 3 amide bonds. The third kappa shape index (κ3) is 4.60. The van der Waals surface area contributed by atoms with E-state index >= 15 is 0 Å². The number of para-hydroxylation sites is 2. The highest BCUT2D eigenvalue weighted by atomic mass is 32.2. The van der Waals surface area contributed by atoms with Gasteiger partial charge in [-0.15, -0.1) is 10.2 Å². The van der Waals surface area contributed by atoms with E-state index in [0.717, 1.165) is 11.8 Å². The fourth-order valence-corrected chi connectivity index (χ4v) is 3.02. The first kappa shape index (κ1) is 19.2. The average Bonchev–Trinajstić information content (AvgIpc) is 3.07. The molecule has 1 aromatic heterocycles. The summed E-state index contributed by atoms with van der Waals surface area (Å²) in [6.07, 6.45) is 0. The van der Waals surface area contributed by atoms with Crippen LogP contribution in [-0.4, -0.2) is 39.7 Å². The molecule has 28 heavy (non-hydrogen) atoms. The van der Waals surface area contributed by atoms with Crippen LogP contribution >= 0.6 is 11.8 Å². The van der Waals surface area contributed by atoms with E-state index < -0.39 is 11.9 Å². The lowest BCUT2D eigenvalue weighted by Gasteiger charge is -2.08. The molecule has 3 aromatic rings. The number of anilines is 1. The van der Waals surface area contributed by atoms with Crippen molar-refractivity contribution >= 4 is 29.4 Å². The molecule has 0 atom stereocenters. The number of amides is 3. The Morgan fingerprint density at radius 2 is 1.82 bits per heavy atom. The van der Waals surface area contributed by atoms with Crippen LogP contribution in [0.3, 0.4) is 0 Å². The first-order valence-corrected chi connectivity index (χ1v) is 9.19. The van der Waals surface area contributed by atoms with Gasteiger partial charge in [-0.3, -0.25) is 10.1 Å². The second-order valence-electron chi connectivity index (χ2n) is 5.53. The molecule has 2 aromatic carbocycles. The number of nitrogens with zero attached hydrogens (tertiary/aromatic N) is 3. The maximum absolute atomic E-state index is 12.0. The Morgan fingerprint density at radius 3 is 2.57 bits per heavy atom. The molecule has 0 bridgehead atoms. The highest BCUT2D eigenvalue weighted by Gasteiger charge is 2.17. The van der Waals surface area contributed by atoms with E-state index in [9.17, 15) is 9.59 Å². The van der Waals surface area contributed by atoms with Gasteiger partial charge in [-0.05, 0) is 24.3 Å². The second-order valence-corrected chi connectivity index (χ2v) is 6.48. The Hall–Kier alpha value is -3.53. The average molecular weight is 398 g/mol. The van der Waals surface area contributed by atoms with Crippen molar-refractivity contribution in [3.8, 4) is 17.1 Å². The standard InChI is InChI=1S/C18H18N6O3S/c1-27-14-10-6-5-9-13(14)16-22-23-18(24(16)19)28-11-15(25)21-17(26)20-12-7-3-2-4-8-12/h2-10H,11,19H2,1H3,(H2,20,21,25,26). The number of hydrogen-bond donors (Lipinski definition) is 3. The number of hydrogen-bond acceptors (Lipinski definition) is 7. The number of ether oxygens (including phenoxy) is 1. The number of rotatable bonds is 6. The summed E-state index contributed by atoms with van der Waals surface area (Å²) in [7, 11) is 1.55. The number of urea groups is 1. The van der Waals surface area contributed by atoms with Crippen LogP contribution in [0.4, 0.5) is 10.5 Å². The zero-order valence-electron chi connectivity index (χ0n) is 15.0. The fourth-order valence-electron chi connectivity index (χ4n) is 2.37. The smallest absolute Gasteiger partial charge is 0.325 e. The molecule has 0 saturated heterocycles. The van der Waals surface area contributed by atoms with Crippen molar-refractivity contribution in [3.63, 3.8) is 0 Å². The van der Waals surface area contributed by atoms with E-state index in [0.29, 0.717) is 28.0 Å². The molecule has 3 rings (SSSR count). The van der Waals surface area contributed by atoms with Gasteiger partial charge in [0.25, 0.3) is 0 Å². The van der Waals surface area contributed by atoms with Crippen molar-refractivity contribution in [2.24, 2.45) is 0 Å². The van der Waals surface area contributed by atoms with Crippen LogP contribution in [0.1, 0.15) is 0 Å². The molecule has 0 saturated carbocycles. The van der Waals surface area contributed by atoms with Crippen LogP contribution in [0.5, 0.6) is 5.75 Å². The maximum Gasteiger partial charge on any atom is 0.325 e. The zero-order valence-corrected chi connectivity index (χ0v) is 15.8. The van der Waals surface area contributed by atoms with Gasteiger partial charge in [0.15, 0.2) is 5.82 Å². The van der Waals surface area contributed by atoms with Gasteiger partial charge >= 0.3 is 6.03 Å².